The first kappa shape index (κ1) is 61.3. The number of aromatic nitrogens is 3. The number of carbonyl (C=O) groups is 4. The van der Waals surface area contributed by atoms with Gasteiger partial charge in [0, 0.05) is 82.8 Å². The van der Waals surface area contributed by atoms with Gasteiger partial charge < -0.3 is 49.8 Å². The monoisotopic (exact) mass is 1200 g/mol. The van der Waals surface area contributed by atoms with Crippen LogP contribution in [0.25, 0.3) is 43.2 Å². The third-order valence-corrected chi connectivity index (χ3v) is 17.6. The molecule has 0 aliphatic carbocycles. The van der Waals surface area contributed by atoms with Crippen molar-refractivity contribution in [1.29, 1.82) is 0 Å². The molecule has 454 valence electrons. The van der Waals surface area contributed by atoms with Gasteiger partial charge in [0.25, 0.3) is 0 Å². The Morgan fingerprint density at radius 1 is 0.859 bits per heavy atom. The number of phenolic OH excluding ortho intramolecular Hbond substituents is 1. The zero-order valence-electron chi connectivity index (χ0n) is 49.9. The van der Waals surface area contributed by atoms with E-state index in [1.807, 2.05) is 121 Å². The van der Waals surface area contributed by atoms with Crippen LogP contribution >= 0.6 is 22.9 Å². The first-order valence-corrected chi connectivity index (χ1v) is 30.6. The number of carbonyl (C=O) groups excluding carboxylic acids is 4. The van der Waals surface area contributed by atoms with Gasteiger partial charge in [0.05, 0.1) is 52.0 Å². The summed E-state index contributed by atoms with van der Waals surface area (Å²) in [6.07, 6.45) is -0.153. The number of piperazine rings is 1. The Morgan fingerprint density at radius 3 is 2.24 bits per heavy atom. The number of hydrogen-bond donors (Lipinski definition) is 4. The fourth-order valence-electron chi connectivity index (χ4n) is 11.9. The third-order valence-electron chi connectivity index (χ3n) is 16.3. The minimum atomic E-state index is -0.942. The first-order valence-electron chi connectivity index (χ1n) is 29.4. The summed E-state index contributed by atoms with van der Waals surface area (Å²) >= 11 is 8.55. The number of likely N-dealkylation sites (tertiary alicyclic amines) is 3. The molecule has 2 aromatic heterocycles. The van der Waals surface area contributed by atoms with Crippen molar-refractivity contribution in [2.45, 2.75) is 130 Å². The van der Waals surface area contributed by atoms with Gasteiger partial charge in [-0.1, -0.05) is 80.9 Å². The zero-order valence-corrected chi connectivity index (χ0v) is 51.4. The molecule has 0 saturated carbocycles. The molecule has 6 heterocycles. The Bertz CT molecular complexity index is 3430. The molecular weight excluding hydrogens is 1130 g/mol. The van der Waals surface area contributed by atoms with Crippen LogP contribution in [0.5, 0.6) is 11.8 Å². The number of phenols is 1. The molecule has 6 aromatic rings. The third kappa shape index (κ3) is 14.2. The second-order valence-corrected chi connectivity index (χ2v) is 26.5. The summed E-state index contributed by atoms with van der Waals surface area (Å²) in [5, 5.41) is 29.5. The smallest absolute Gasteiger partial charge is 0.410 e. The van der Waals surface area contributed by atoms with Crippen molar-refractivity contribution in [3.8, 4) is 33.3 Å². The van der Waals surface area contributed by atoms with Gasteiger partial charge in [-0.2, -0.15) is 9.97 Å². The minimum Gasteiger partial charge on any atom is -0.508 e. The summed E-state index contributed by atoms with van der Waals surface area (Å²) in [5.41, 5.74) is 3.87. The van der Waals surface area contributed by atoms with Gasteiger partial charge >= 0.3 is 12.1 Å². The first-order chi connectivity index (χ1) is 40.3. The SMILES string of the molecule is Cc1ncsc1-c1ccc([C@H](C)NC(=O)[C@@H]2C[C@@H](O)CN2C(=O)[C@@H](NC(=O)CN2CCC(OC3CN(C[C@@H](C)Oc4nc(N5CCN(C(=O)OC(C)(C)C)CC5)c5cc(Cl)c(-c6cc(O)cc7ccccc67)c(F)c5n4)C3)CC2)C(C)(C)C)cc1. The van der Waals surface area contributed by atoms with Gasteiger partial charge in [0.15, 0.2) is 5.82 Å². The van der Waals surface area contributed by atoms with Crippen LogP contribution in [0, 0.1) is 18.2 Å². The number of nitrogens with one attached hydrogen (secondary N) is 2. The van der Waals surface area contributed by atoms with Gasteiger partial charge in [-0.25, -0.2) is 14.2 Å². The summed E-state index contributed by atoms with van der Waals surface area (Å²) in [4.78, 5) is 79.2. The zero-order chi connectivity index (χ0) is 60.6. The maximum absolute atomic E-state index is 17.3. The molecule has 4 aromatic carbocycles. The van der Waals surface area contributed by atoms with Gasteiger partial charge in [-0.15, -0.1) is 11.3 Å². The lowest BCUT2D eigenvalue weighted by atomic mass is 9.85. The number of aromatic hydroxyl groups is 1. The van der Waals surface area contributed by atoms with Crippen molar-refractivity contribution in [2.24, 2.45) is 5.41 Å². The number of fused-ring (bicyclic) bond motifs is 2. The number of aliphatic hydroxyl groups excluding tert-OH is 1. The van der Waals surface area contributed by atoms with E-state index in [0.717, 1.165) is 34.5 Å². The predicted octanol–water partition coefficient (Wildman–Crippen LogP) is 8.74. The molecule has 4 aliphatic heterocycles. The summed E-state index contributed by atoms with van der Waals surface area (Å²) < 4.78 is 35.9. The van der Waals surface area contributed by atoms with E-state index in [2.05, 4.69) is 30.4 Å². The molecular formula is C63H78ClFN10O9S. The lowest BCUT2D eigenvalue weighted by Crippen LogP contribution is -2.59. The molecule has 5 atom stereocenters. The van der Waals surface area contributed by atoms with Crippen molar-refractivity contribution in [2.75, 3.05) is 76.9 Å². The number of halogens is 2. The maximum atomic E-state index is 17.3. The Kier molecular flexibility index (Phi) is 18.3. The molecule has 4 amide bonds. The van der Waals surface area contributed by atoms with Crippen molar-refractivity contribution in [3.05, 3.63) is 94.3 Å². The van der Waals surface area contributed by atoms with Crippen LogP contribution in [0.1, 0.15) is 92.0 Å². The van der Waals surface area contributed by atoms with E-state index in [1.165, 1.54) is 11.0 Å². The van der Waals surface area contributed by atoms with Crippen LogP contribution in [0.3, 0.4) is 0 Å². The number of rotatable bonds is 16. The number of piperidine rings is 1. The quantitative estimate of drug-likeness (QED) is 0.0713. The highest BCUT2D eigenvalue weighted by atomic mass is 35.5. The molecule has 4 fully saturated rings. The van der Waals surface area contributed by atoms with Gasteiger partial charge in [-0.3, -0.25) is 24.2 Å². The number of amides is 4. The van der Waals surface area contributed by atoms with Crippen LogP contribution < -0.4 is 20.3 Å². The molecule has 0 unspecified atom stereocenters. The van der Waals surface area contributed by atoms with Crippen LogP contribution in [0.15, 0.2) is 72.2 Å². The maximum Gasteiger partial charge on any atom is 0.410 e. The number of ether oxygens (including phenoxy) is 3. The summed E-state index contributed by atoms with van der Waals surface area (Å²) in [5.74, 6) is -1.38. The number of nitrogens with zero attached hydrogens (tertiary/aromatic N) is 8. The number of hydrogen-bond acceptors (Lipinski definition) is 16. The largest absolute Gasteiger partial charge is 0.508 e. The summed E-state index contributed by atoms with van der Waals surface area (Å²) in [6, 6.07) is 17.9. The molecule has 19 nitrogen and oxygen atoms in total. The number of β-amino-alcohol motifs (C(OH)–C–C–N with tert-alkyl or cyclic N) is 1. The lowest BCUT2D eigenvalue weighted by molar-refractivity contribution is -0.144. The Hall–Kier alpha value is -6.75. The second kappa shape index (κ2) is 25.3. The molecule has 0 spiro atoms. The highest BCUT2D eigenvalue weighted by molar-refractivity contribution is 7.13. The van der Waals surface area contributed by atoms with Crippen LogP contribution in [0.4, 0.5) is 15.0 Å². The fraction of sp³-hybridized carbons (Fsp3) is 0.508. The lowest BCUT2D eigenvalue weighted by Gasteiger charge is -2.43. The van der Waals surface area contributed by atoms with Gasteiger partial charge in [0.2, 0.25) is 17.7 Å². The Labute approximate surface area is 504 Å². The highest BCUT2D eigenvalue weighted by Crippen LogP contribution is 2.43. The molecule has 0 radical (unpaired) electrons. The van der Waals surface area contributed by atoms with Crippen molar-refractivity contribution in [3.63, 3.8) is 0 Å². The molecule has 22 heteroatoms. The normalized spacial score (nSPS) is 19.6. The Morgan fingerprint density at radius 2 is 1.56 bits per heavy atom. The van der Waals surface area contributed by atoms with Crippen molar-refractivity contribution < 1.29 is 48.0 Å². The summed E-state index contributed by atoms with van der Waals surface area (Å²) in [7, 11) is 0. The number of benzene rings is 4. The standard InChI is InChI=1S/C63H78ClFN10O9S/c1-36(82-60-69-54-48(57(70-60)73-22-24-74(25-23-73)61(81)84-63(7,8)9)29-49(64)52(53(54)65)47-27-42(76)26-41-12-10-11-13-46(41)47)30-72-32-45(33-72)83-44-18-20-71(21-19-44)34-51(78)68-56(62(4,5)6)59(80)75-31-43(77)28-50(75)58(79)67-37(2)39-14-16-40(17-15-39)55-38(3)66-35-85-55/h10-17,26-27,29,35-37,43-45,50,56,76-77H,18-25,28,30-34H2,1-9H3,(H,67,79)(H,68,78)/t36-,37+,43-,50+,56-/m1/s1. The molecule has 4 saturated heterocycles. The fourth-order valence-corrected chi connectivity index (χ4v) is 13.0. The Balaban J connectivity index is 0.718. The molecule has 4 N–H and O–H groups in total. The van der Waals surface area contributed by atoms with E-state index in [4.69, 9.17) is 30.8 Å². The van der Waals surface area contributed by atoms with Crippen molar-refractivity contribution >= 4 is 74.2 Å². The van der Waals surface area contributed by atoms with E-state index in [1.54, 1.807) is 28.4 Å². The van der Waals surface area contributed by atoms with E-state index in [9.17, 15) is 29.4 Å². The van der Waals surface area contributed by atoms with Crippen molar-refractivity contribution in [1.82, 2.24) is 45.2 Å². The topological polar surface area (TPSA) is 215 Å². The minimum absolute atomic E-state index is 0.00269. The second-order valence-electron chi connectivity index (χ2n) is 25.2. The molecule has 4 aliphatic rings. The number of aliphatic hydroxyl groups is 1. The van der Waals surface area contributed by atoms with Crippen LogP contribution in [0.2, 0.25) is 5.02 Å². The number of anilines is 1. The molecule has 0 bridgehead atoms. The average molecular weight is 1210 g/mol. The highest BCUT2D eigenvalue weighted by Gasteiger charge is 2.45. The van der Waals surface area contributed by atoms with Gasteiger partial charge in [-0.05, 0) is 105 Å². The van der Waals surface area contributed by atoms with E-state index < -0.39 is 53.1 Å². The number of thiazole rings is 1. The van der Waals surface area contributed by atoms with Gasteiger partial charge in [0.1, 0.15) is 40.9 Å². The van der Waals surface area contributed by atoms with Crippen LogP contribution in [-0.2, 0) is 23.9 Å². The van der Waals surface area contributed by atoms with E-state index in [0.29, 0.717) is 86.4 Å². The molecule has 10 rings (SSSR count). The summed E-state index contributed by atoms with van der Waals surface area (Å²) in [6.45, 7) is 21.5. The van der Waals surface area contributed by atoms with E-state index >= 15 is 4.39 Å². The average Bonchev–Trinajstić information content (AvgIpc) is 1.49. The molecule has 85 heavy (non-hydrogen) atoms. The van der Waals surface area contributed by atoms with E-state index in [-0.39, 0.29) is 77.4 Å². The van der Waals surface area contributed by atoms with Crippen LogP contribution in [-0.4, -0.2) is 183 Å². The predicted molar refractivity (Wildman–Crippen MR) is 326 cm³/mol. The number of aryl methyl sites for hydroxylation is 1.